The number of nitrogens with one attached hydrogen (secondary N) is 1. The van der Waals surface area contributed by atoms with Gasteiger partial charge in [0.1, 0.15) is 5.84 Å². The van der Waals surface area contributed by atoms with Gasteiger partial charge in [0.2, 0.25) is 0 Å². The molecule has 1 atom stereocenters. The van der Waals surface area contributed by atoms with E-state index in [1.54, 1.807) is 11.3 Å². The molecule has 1 aliphatic heterocycles. The third-order valence-electron chi connectivity index (χ3n) is 3.14. The van der Waals surface area contributed by atoms with E-state index in [4.69, 9.17) is 15.9 Å². The molecule has 0 amide bonds. The highest BCUT2D eigenvalue weighted by Gasteiger charge is 2.20. The average Bonchev–Trinajstić information content (AvgIpc) is 2.97. The monoisotopic (exact) mass is 282 g/mol. The smallest absolute Gasteiger partial charge is 0.133 e. The van der Waals surface area contributed by atoms with Crippen LogP contribution in [0.25, 0.3) is 10.1 Å². The Kier molecular flexibility index (Phi) is 3.90. The van der Waals surface area contributed by atoms with Gasteiger partial charge in [-0.2, -0.15) is 0 Å². The van der Waals surface area contributed by atoms with E-state index in [0.717, 1.165) is 24.3 Å². The molecule has 96 valence electrons. The zero-order valence-electron chi connectivity index (χ0n) is 9.81. The zero-order valence-corrected chi connectivity index (χ0v) is 11.4. The van der Waals surface area contributed by atoms with E-state index in [-0.39, 0.29) is 24.3 Å². The minimum atomic E-state index is 0. The standard InChI is InChI=1S/C13H14N2OS.ClH/c14-13(15)12-7-9-8(10-4-2-6-16-10)3-1-5-11(9)17-12;/h1,3,5,7,10H,2,4,6H2,(H3,14,15);1H. The van der Waals surface area contributed by atoms with Crippen LogP contribution in [-0.4, -0.2) is 12.4 Å². The van der Waals surface area contributed by atoms with E-state index < -0.39 is 0 Å². The molecule has 0 aliphatic carbocycles. The summed E-state index contributed by atoms with van der Waals surface area (Å²) in [5.74, 6) is 0.143. The number of amidine groups is 1. The number of nitrogens with two attached hydrogens (primary N) is 1. The first-order chi connectivity index (χ1) is 8.25. The number of halogens is 1. The molecule has 3 nitrogen and oxygen atoms in total. The van der Waals surface area contributed by atoms with Crippen molar-refractivity contribution in [3.63, 3.8) is 0 Å². The quantitative estimate of drug-likeness (QED) is 0.655. The van der Waals surface area contributed by atoms with Gasteiger partial charge in [-0.1, -0.05) is 12.1 Å². The molecule has 1 aromatic carbocycles. The molecule has 0 spiro atoms. The predicted molar refractivity (Wildman–Crippen MR) is 78.0 cm³/mol. The lowest BCUT2D eigenvalue weighted by Crippen LogP contribution is -2.08. The maximum atomic E-state index is 7.50. The second-order valence-electron chi connectivity index (χ2n) is 4.29. The third kappa shape index (κ3) is 2.23. The van der Waals surface area contributed by atoms with Gasteiger partial charge in [-0.25, -0.2) is 0 Å². The van der Waals surface area contributed by atoms with Gasteiger partial charge in [0, 0.05) is 11.3 Å². The van der Waals surface area contributed by atoms with Crippen molar-refractivity contribution in [2.75, 3.05) is 6.61 Å². The van der Waals surface area contributed by atoms with E-state index in [2.05, 4.69) is 18.2 Å². The lowest BCUT2D eigenvalue weighted by atomic mass is 10.0. The third-order valence-corrected chi connectivity index (χ3v) is 4.27. The fourth-order valence-corrected chi connectivity index (χ4v) is 3.28. The van der Waals surface area contributed by atoms with Crippen molar-refractivity contribution >= 4 is 39.7 Å². The van der Waals surface area contributed by atoms with E-state index >= 15 is 0 Å². The van der Waals surface area contributed by atoms with Gasteiger partial charge in [0.15, 0.2) is 0 Å². The Bertz CT molecular complexity index is 575. The number of hydrogen-bond acceptors (Lipinski definition) is 3. The number of benzene rings is 1. The summed E-state index contributed by atoms with van der Waals surface area (Å²) in [6.07, 6.45) is 2.43. The second-order valence-corrected chi connectivity index (χ2v) is 5.37. The van der Waals surface area contributed by atoms with Crippen LogP contribution >= 0.6 is 23.7 Å². The summed E-state index contributed by atoms with van der Waals surface area (Å²) in [6.45, 7) is 0.852. The summed E-state index contributed by atoms with van der Waals surface area (Å²) in [6, 6.07) is 8.26. The Morgan fingerprint density at radius 1 is 1.44 bits per heavy atom. The van der Waals surface area contributed by atoms with Gasteiger partial charge in [-0.15, -0.1) is 23.7 Å². The number of fused-ring (bicyclic) bond motifs is 1. The van der Waals surface area contributed by atoms with Crippen LogP contribution in [0.15, 0.2) is 24.3 Å². The molecule has 1 saturated heterocycles. The predicted octanol–water partition coefficient (Wildman–Crippen LogP) is 3.46. The molecule has 0 saturated carbocycles. The minimum Gasteiger partial charge on any atom is -0.383 e. The number of ether oxygens (including phenoxy) is 1. The van der Waals surface area contributed by atoms with Crippen molar-refractivity contribution < 1.29 is 4.74 Å². The van der Waals surface area contributed by atoms with E-state index in [9.17, 15) is 0 Å². The van der Waals surface area contributed by atoms with Crippen LogP contribution in [-0.2, 0) is 4.74 Å². The topological polar surface area (TPSA) is 59.1 Å². The molecule has 2 aromatic rings. The first kappa shape index (κ1) is 13.3. The Morgan fingerprint density at radius 2 is 2.28 bits per heavy atom. The molecule has 1 aromatic heterocycles. The number of nitrogen functional groups attached to an aromatic ring is 1. The molecule has 2 heterocycles. The first-order valence-corrected chi connectivity index (χ1v) is 6.56. The Labute approximate surface area is 116 Å². The van der Waals surface area contributed by atoms with Crippen LogP contribution in [0.1, 0.15) is 29.4 Å². The maximum Gasteiger partial charge on any atom is 0.133 e. The fourth-order valence-electron chi connectivity index (χ4n) is 2.32. The van der Waals surface area contributed by atoms with E-state index in [1.807, 2.05) is 6.07 Å². The van der Waals surface area contributed by atoms with Gasteiger partial charge >= 0.3 is 0 Å². The lowest BCUT2D eigenvalue weighted by molar-refractivity contribution is 0.113. The summed E-state index contributed by atoms with van der Waals surface area (Å²) < 4.78 is 6.92. The molecular formula is C13H15ClN2OS. The van der Waals surface area contributed by atoms with Crippen molar-refractivity contribution in [1.82, 2.24) is 0 Å². The highest BCUT2D eigenvalue weighted by molar-refractivity contribution is 7.20. The lowest BCUT2D eigenvalue weighted by Gasteiger charge is -2.10. The maximum absolute atomic E-state index is 7.50. The molecule has 1 fully saturated rings. The highest BCUT2D eigenvalue weighted by atomic mass is 35.5. The summed E-state index contributed by atoms with van der Waals surface area (Å²) in [4.78, 5) is 0.838. The van der Waals surface area contributed by atoms with Crippen molar-refractivity contribution in [2.45, 2.75) is 18.9 Å². The van der Waals surface area contributed by atoms with Crippen molar-refractivity contribution in [3.05, 3.63) is 34.7 Å². The first-order valence-electron chi connectivity index (χ1n) is 5.74. The SMILES string of the molecule is Cl.N=C(N)c1cc2c(C3CCCO3)cccc2s1. The zero-order chi connectivity index (χ0) is 11.8. The molecule has 3 N–H and O–H groups in total. The molecule has 1 unspecified atom stereocenters. The van der Waals surface area contributed by atoms with Gasteiger partial charge in [0.25, 0.3) is 0 Å². The van der Waals surface area contributed by atoms with Crippen LogP contribution in [0.2, 0.25) is 0 Å². The van der Waals surface area contributed by atoms with Gasteiger partial charge in [-0.05, 0) is 35.9 Å². The summed E-state index contributed by atoms with van der Waals surface area (Å²) >= 11 is 1.57. The normalized spacial score (nSPS) is 18.8. The van der Waals surface area contributed by atoms with Crippen LogP contribution in [0, 0.1) is 5.41 Å². The summed E-state index contributed by atoms with van der Waals surface area (Å²) in [5.41, 5.74) is 6.78. The largest absolute Gasteiger partial charge is 0.383 e. The molecule has 3 rings (SSSR count). The van der Waals surface area contributed by atoms with Crippen LogP contribution in [0.4, 0.5) is 0 Å². The molecule has 5 heteroatoms. The van der Waals surface area contributed by atoms with Crippen molar-refractivity contribution in [1.29, 1.82) is 5.41 Å². The Morgan fingerprint density at radius 3 is 2.94 bits per heavy atom. The number of rotatable bonds is 2. The number of thiophene rings is 1. The summed E-state index contributed by atoms with van der Waals surface area (Å²) in [5, 5.41) is 8.69. The van der Waals surface area contributed by atoms with Crippen LogP contribution < -0.4 is 5.73 Å². The molecule has 0 bridgehead atoms. The van der Waals surface area contributed by atoms with Crippen molar-refractivity contribution in [2.24, 2.45) is 5.73 Å². The van der Waals surface area contributed by atoms with Crippen LogP contribution in [0.3, 0.4) is 0 Å². The minimum absolute atomic E-state index is 0. The van der Waals surface area contributed by atoms with Gasteiger partial charge < -0.3 is 10.5 Å². The Hall–Kier alpha value is -1.10. The van der Waals surface area contributed by atoms with Gasteiger partial charge in [-0.3, -0.25) is 5.41 Å². The van der Waals surface area contributed by atoms with Crippen molar-refractivity contribution in [3.8, 4) is 0 Å². The Balaban J connectivity index is 0.00000120. The second kappa shape index (κ2) is 5.26. The molecule has 0 radical (unpaired) electrons. The highest BCUT2D eigenvalue weighted by Crippen LogP contribution is 2.36. The summed E-state index contributed by atoms with van der Waals surface area (Å²) in [7, 11) is 0. The fraction of sp³-hybridized carbons (Fsp3) is 0.308. The molecule has 18 heavy (non-hydrogen) atoms. The molecular weight excluding hydrogens is 268 g/mol. The molecule has 1 aliphatic rings. The van der Waals surface area contributed by atoms with Gasteiger partial charge in [0.05, 0.1) is 11.0 Å². The van der Waals surface area contributed by atoms with E-state index in [0.29, 0.717) is 0 Å². The van der Waals surface area contributed by atoms with E-state index in [1.165, 1.54) is 15.6 Å². The average molecular weight is 283 g/mol. The van der Waals surface area contributed by atoms with Crippen LogP contribution in [0.5, 0.6) is 0 Å². The number of hydrogen-bond donors (Lipinski definition) is 2.